The molecular weight excluding hydrogens is 266 g/mol. The Kier molecular flexibility index (Phi) is 3.68. The maximum absolute atomic E-state index is 12.2. The fraction of sp³-hybridized carbons (Fsp3) is 0.500. The molecule has 1 aromatic carbocycles. The van der Waals surface area contributed by atoms with E-state index in [0.717, 1.165) is 19.6 Å². The van der Waals surface area contributed by atoms with Crippen LogP contribution in [0.25, 0.3) is 0 Å². The molecule has 2 heterocycles. The van der Waals surface area contributed by atoms with Crippen molar-refractivity contribution in [1.82, 2.24) is 15.1 Å². The van der Waals surface area contributed by atoms with E-state index in [1.165, 1.54) is 5.56 Å². The molecule has 2 saturated heterocycles. The van der Waals surface area contributed by atoms with Crippen molar-refractivity contribution < 1.29 is 9.59 Å². The second-order valence-corrected chi connectivity index (χ2v) is 5.80. The van der Waals surface area contributed by atoms with Crippen molar-refractivity contribution in [2.24, 2.45) is 0 Å². The zero-order valence-electron chi connectivity index (χ0n) is 12.3. The predicted molar refractivity (Wildman–Crippen MR) is 79.6 cm³/mol. The molecule has 1 N–H and O–H groups in total. The van der Waals surface area contributed by atoms with E-state index in [2.05, 4.69) is 22.3 Å². The molecule has 0 atom stereocenters. The standard InChI is InChI=1S/C16H21N3O2/c1-2-19-15(21)17-14(20)16(19)8-10-18(11-9-16)12-13-6-4-3-5-7-13/h3-7H,2,8-12H2,1H3,(H,17,20,21). The number of benzene rings is 1. The Labute approximate surface area is 124 Å². The van der Waals surface area contributed by atoms with Gasteiger partial charge in [0.15, 0.2) is 0 Å². The number of likely N-dealkylation sites (N-methyl/N-ethyl adjacent to an activating group) is 1. The van der Waals surface area contributed by atoms with Crippen LogP contribution in [0.4, 0.5) is 4.79 Å². The van der Waals surface area contributed by atoms with E-state index in [4.69, 9.17) is 0 Å². The van der Waals surface area contributed by atoms with Crippen LogP contribution in [0.1, 0.15) is 25.3 Å². The molecule has 5 heteroatoms. The van der Waals surface area contributed by atoms with E-state index in [-0.39, 0.29) is 11.9 Å². The van der Waals surface area contributed by atoms with Crippen LogP contribution in [-0.4, -0.2) is 46.9 Å². The van der Waals surface area contributed by atoms with E-state index in [1.807, 2.05) is 25.1 Å². The molecule has 0 saturated carbocycles. The summed E-state index contributed by atoms with van der Waals surface area (Å²) in [4.78, 5) is 28.1. The molecule has 21 heavy (non-hydrogen) atoms. The summed E-state index contributed by atoms with van der Waals surface area (Å²) in [7, 11) is 0. The second-order valence-electron chi connectivity index (χ2n) is 5.80. The van der Waals surface area contributed by atoms with Gasteiger partial charge in [-0.1, -0.05) is 30.3 Å². The Hall–Kier alpha value is -1.88. The molecule has 5 nitrogen and oxygen atoms in total. The maximum Gasteiger partial charge on any atom is 0.325 e. The number of hydrogen-bond donors (Lipinski definition) is 1. The minimum absolute atomic E-state index is 0.117. The lowest BCUT2D eigenvalue weighted by molar-refractivity contribution is -0.129. The average Bonchev–Trinajstić information content (AvgIpc) is 2.73. The van der Waals surface area contributed by atoms with E-state index in [9.17, 15) is 9.59 Å². The van der Waals surface area contributed by atoms with Gasteiger partial charge >= 0.3 is 6.03 Å². The van der Waals surface area contributed by atoms with Crippen LogP contribution in [0, 0.1) is 0 Å². The maximum atomic E-state index is 12.2. The number of nitrogens with zero attached hydrogens (tertiary/aromatic N) is 2. The summed E-state index contributed by atoms with van der Waals surface area (Å²) in [5.74, 6) is -0.117. The molecule has 112 valence electrons. The molecule has 3 amide bonds. The highest BCUT2D eigenvalue weighted by atomic mass is 16.2. The summed E-state index contributed by atoms with van der Waals surface area (Å²) < 4.78 is 0. The van der Waals surface area contributed by atoms with Crippen LogP contribution in [-0.2, 0) is 11.3 Å². The highest BCUT2D eigenvalue weighted by molar-refractivity contribution is 6.07. The fourth-order valence-electron chi connectivity index (χ4n) is 3.46. The topological polar surface area (TPSA) is 52.7 Å². The number of amides is 3. The lowest BCUT2D eigenvalue weighted by Crippen LogP contribution is -2.56. The molecule has 0 bridgehead atoms. The zero-order chi connectivity index (χ0) is 14.9. The number of rotatable bonds is 3. The van der Waals surface area contributed by atoms with Crippen molar-refractivity contribution >= 4 is 11.9 Å². The van der Waals surface area contributed by atoms with Crippen LogP contribution in [0.5, 0.6) is 0 Å². The van der Waals surface area contributed by atoms with Crippen molar-refractivity contribution in [2.75, 3.05) is 19.6 Å². The fourth-order valence-corrected chi connectivity index (χ4v) is 3.46. The molecule has 0 radical (unpaired) electrons. The van der Waals surface area contributed by atoms with Crippen LogP contribution < -0.4 is 5.32 Å². The normalized spacial score (nSPS) is 21.9. The van der Waals surface area contributed by atoms with Gasteiger partial charge in [0.05, 0.1) is 0 Å². The first-order valence-electron chi connectivity index (χ1n) is 7.55. The molecule has 2 aliphatic heterocycles. The van der Waals surface area contributed by atoms with Gasteiger partial charge in [0.25, 0.3) is 5.91 Å². The SMILES string of the molecule is CCN1C(=O)NC(=O)C12CCN(Cc1ccccc1)CC2. The lowest BCUT2D eigenvalue weighted by Gasteiger charge is -2.41. The number of urea groups is 1. The van der Waals surface area contributed by atoms with Gasteiger partial charge in [-0.15, -0.1) is 0 Å². The summed E-state index contributed by atoms with van der Waals surface area (Å²) in [5.41, 5.74) is 0.673. The minimum atomic E-state index is -0.612. The molecule has 1 spiro atoms. The van der Waals surface area contributed by atoms with Crippen molar-refractivity contribution in [3.8, 4) is 0 Å². The summed E-state index contributed by atoms with van der Waals surface area (Å²) in [6.45, 7) is 5.09. The third-order valence-electron chi connectivity index (χ3n) is 4.65. The summed E-state index contributed by atoms with van der Waals surface area (Å²) in [6.07, 6.45) is 1.43. The molecule has 2 fully saturated rings. The van der Waals surface area contributed by atoms with Crippen LogP contribution in [0.2, 0.25) is 0 Å². The number of imide groups is 1. The Bertz CT molecular complexity index is 536. The lowest BCUT2D eigenvalue weighted by atomic mass is 9.86. The van der Waals surface area contributed by atoms with Crippen molar-refractivity contribution in [1.29, 1.82) is 0 Å². The largest absolute Gasteiger partial charge is 0.325 e. The van der Waals surface area contributed by atoms with Gasteiger partial charge in [0.2, 0.25) is 0 Å². The Balaban J connectivity index is 1.67. The van der Waals surface area contributed by atoms with E-state index in [0.29, 0.717) is 19.4 Å². The highest BCUT2D eigenvalue weighted by Crippen LogP contribution is 2.33. The number of carbonyl (C=O) groups excluding carboxylic acids is 2. The highest BCUT2D eigenvalue weighted by Gasteiger charge is 2.53. The van der Waals surface area contributed by atoms with Crippen molar-refractivity contribution in [3.05, 3.63) is 35.9 Å². The molecule has 0 aromatic heterocycles. The minimum Gasteiger partial charge on any atom is -0.310 e. The first kappa shape index (κ1) is 14.1. The first-order valence-corrected chi connectivity index (χ1v) is 7.55. The summed E-state index contributed by atoms with van der Waals surface area (Å²) in [6, 6.07) is 10.1. The Morgan fingerprint density at radius 3 is 2.43 bits per heavy atom. The molecule has 3 rings (SSSR count). The van der Waals surface area contributed by atoms with Gasteiger partial charge in [0.1, 0.15) is 5.54 Å². The van der Waals surface area contributed by atoms with E-state index in [1.54, 1.807) is 4.90 Å². The number of piperidine rings is 1. The molecular formula is C16H21N3O2. The first-order chi connectivity index (χ1) is 10.2. The molecule has 0 unspecified atom stereocenters. The monoisotopic (exact) mass is 287 g/mol. The van der Waals surface area contributed by atoms with Gasteiger partial charge in [-0.3, -0.25) is 15.0 Å². The number of carbonyl (C=O) groups is 2. The molecule has 1 aromatic rings. The van der Waals surface area contributed by atoms with E-state index >= 15 is 0 Å². The number of nitrogens with one attached hydrogen (secondary N) is 1. The predicted octanol–water partition coefficient (Wildman–Crippen LogP) is 1.59. The van der Waals surface area contributed by atoms with Crippen LogP contribution >= 0.6 is 0 Å². The quantitative estimate of drug-likeness (QED) is 0.859. The third-order valence-corrected chi connectivity index (χ3v) is 4.65. The average molecular weight is 287 g/mol. The van der Waals surface area contributed by atoms with Crippen molar-refractivity contribution in [2.45, 2.75) is 31.8 Å². The van der Waals surface area contributed by atoms with E-state index < -0.39 is 5.54 Å². The van der Waals surface area contributed by atoms with Gasteiger partial charge in [0, 0.05) is 26.2 Å². The Morgan fingerprint density at radius 1 is 1.14 bits per heavy atom. The second kappa shape index (κ2) is 5.48. The molecule has 0 aliphatic carbocycles. The summed E-state index contributed by atoms with van der Waals surface area (Å²) >= 11 is 0. The third kappa shape index (κ3) is 2.42. The van der Waals surface area contributed by atoms with Gasteiger partial charge < -0.3 is 4.90 Å². The number of hydrogen-bond acceptors (Lipinski definition) is 3. The van der Waals surface area contributed by atoms with Crippen LogP contribution in [0.3, 0.4) is 0 Å². The van der Waals surface area contributed by atoms with Gasteiger partial charge in [-0.2, -0.15) is 0 Å². The van der Waals surface area contributed by atoms with Gasteiger partial charge in [-0.25, -0.2) is 4.79 Å². The summed E-state index contributed by atoms with van der Waals surface area (Å²) in [5, 5.41) is 2.47. The van der Waals surface area contributed by atoms with Crippen molar-refractivity contribution in [3.63, 3.8) is 0 Å². The smallest absolute Gasteiger partial charge is 0.310 e. The zero-order valence-corrected chi connectivity index (χ0v) is 12.3. The molecule has 2 aliphatic rings. The number of likely N-dealkylation sites (tertiary alicyclic amines) is 1. The Morgan fingerprint density at radius 2 is 1.81 bits per heavy atom. The van der Waals surface area contributed by atoms with Gasteiger partial charge in [-0.05, 0) is 25.3 Å². The van der Waals surface area contributed by atoms with Crippen LogP contribution in [0.15, 0.2) is 30.3 Å².